The predicted octanol–water partition coefficient (Wildman–Crippen LogP) is 2.72. The molecule has 25 heavy (non-hydrogen) atoms. The molecular weight excluding hydrogens is 318 g/mol. The number of carbonyl (C=O) groups excluding carboxylic acids is 1. The Morgan fingerprint density at radius 2 is 1.76 bits per heavy atom. The van der Waals surface area contributed by atoms with Gasteiger partial charge in [0.25, 0.3) is 5.91 Å². The number of aliphatic carboxylic acids is 1. The lowest BCUT2D eigenvalue weighted by Gasteiger charge is -2.39. The fraction of sp³-hybridized carbons (Fsp3) is 0.421. The first-order valence-corrected chi connectivity index (χ1v) is 8.57. The maximum atomic E-state index is 12.7. The minimum absolute atomic E-state index is 0.133. The number of likely N-dealkylation sites (tertiary alicyclic amines) is 1. The number of rotatable bonds is 4. The van der Waals surface area contributed by atoms with E-state index in [1.54, 1.807) is 21.8 Å². The lowest BCUT2D eigenvalue weighted by Crippen LogP contribution is -2.49. The lowest BCUT2D eigenvalue weighted by molar-refractivity contribution is -0.145. The number of carboxylic acid groups (broad SMARTS) is 1. The number of carboxylic acids is 1. The molecule has 0 unspecified atom stereocenters. The minimum atomic E-state index is -0.921. The molecule has 1 aliphatic heterocycles. The molecule has 1 fully saturated rings. The molecule has 3 rings (SSSR count). The number of benzene rings is 1. The number of nitrogens with zero attached hydrogens (tertiary/aromatic N) is 3. The van der Waals surface area contributed by atoms with Crippen molar-refractivity contribution in [3.63, 3.8) is 0 Å². The van der Waals surface area contributed by atoms with Crippen LogP contribution in [0.15, 0.2) is 42.6 Å². The summed E-state index contributed by atoms with van der Waals surface area (Å²) in [5.74, 6) is -0.957. The predicted molar refractivity (Wildman–Crippen MR) is 93.5 cm³/mol. The van der Waals surface area contributed by atoms with Crippen LogP contribution in [0, 0.1) is 0 Å². The topological polar surface area (TPSA) is 75.4 Å². The Balaban J connectivity index is 1.75. The van der Waals surface area contributed by atoms with Crippen LogP contribution in [-0.4, -0.2) is 44.8 Å². The second kappa shape index (κ2) is 6.70. The van der Waals surface area contributed by atoms with Crippen LogP contribution >= 0.6 is 0 Å². The van der Waals surface area contributed by atoms with Gasteiger partial charge in [0.2, 0.25) is 0 Å². The van der Waals surface area contributed by atoms with Crippen LogP contribution in [-0.2, 0) is 10.2 Å². The monoisotopic (exact) mass is 341 g/mol. The van der Waals surface area contributed by atoms with Gasteiger partial charge in [-0.15, -0.1) is 0 Å². The van der Waals surface area contributed by atoms with E-state index >= 15 is 0 Å². The fourth-order valence-electron chi connectivity index (χ4n) is 3.38. The average molecular weight is 341 g/mol. The normalized spacial score (nSPS) is 16.8. The van der Waals surface area contributed by atoms with Gasteiger partial charge in [-0.05, 0) is 38.3 Å². The van der Waals surface area contributed by atoms with Gasteiger partial charge in [0.1, 0.15) is 5.69 Å². The molecule has 0 bridgehead atoms. The summed E-state index contributed by atoms with van der Waals surface area (Å²) in [6, 6.07) is 11.2. The molecule has 0 saturated carbocycles. The van der Waals surface area contributed by atoms with E-state index in [2.05, 4.69) is 5.10 Å². The third kappa shape index (κ3) is 3.16. The van der Waals surface area contributed by atoms with Crippen molar-refractivity contribution in [1.29, 1.82) is 0 Å². The van der Waals surface area contributed by atoms with Crippen LogP contribution in [0.1, 0.15) is 48.8 Å². The zero-order valence-electron chi connectivity index (χ0n) is 14.6. The van der Waals surface area contributed by atoms with Crippen molar-refractivity contribution < 1.29 is 14.7 Å². The molecule has 0 spiro atoms. The van der Waals surface area contributed by atoms with Gasteiger partial charge < -0.3 is 10.0 Å². The fourth-order valence-corrected chi connectivity index (χ4v) is 3.38. The van der Waals surface area contributed by atoms with Crippen molar-refractivity contribution in [2.75, 3.05) is 13.1 Å². The van der Waals surface area contributed by atoms with E-state index in [1.807, 2.05) is 44.2 Å². The largest absolute Gasteiger partial charge is 0.481 e. The summed E-state index contributed by atoms with van der Waals surface area (Å²) in [7, 11) is 0. The summed E-state index contributed by atoms with van der Waals surface area (Å²) in [5, 5.41) is 14.2. The first-order chi connectivity index (χ1) is 11.9. The number of carbonyl (C=O) groups is 2. The van der Waals surface area contributed by atoms with Crippen molar-refractivity contribution in [2.45, 2.75) is 38.1 Å². The molecule has 2 heterocycles. The van der Waals surface area contributed by atoms with Crippen LogP contribution in [0.5, 0.6) is 0 Å². The van der Waals surface area contributed by atoms with Crippen molar-refractivity contribution in [2.24, 2.45) is 0 Å². The van der Waals surface area contributed by atoms with Crippen LogP contribution in [0.2, 0.25) is 0 Å². The van der Waals surface area contributed by atoms with Gasteiger partial charge >= 0.3 is 5.97 Å². The summed E-state index contributed by atoms with van der Waals surface area (Å²) in [6.07, 6.45) is 2.61. The van der Waals surface area contributed by atoms with E-state index in [0.717, 1.165) is 5.56 Å². The molecule has 1 aliphatic rings. The van der Waals surface area contributed by atoms with Gasteiger partial charge in [0.15, 0.2) is 0 Å². The van der Waals surface area contributed by atoms with E-state index in [4.69, 9.17) is 0 Å². The SMILES string of the molecule is CC(C)n1ccc(C(=O)N2CCC(C(=O)O)(c3ccccc3)CC2)n1. The second-order valence-corrected chi connectivity index (χ2v) is 6.82. The molecule has 1 amide bonds. The van der Waals surface area contributed by atoms with Crippen molar-refractivity contribution in [3.05, 3.63) is 53.9 Å². The maximum absolute atomic E-state index is 12.7. The Morgan fingerprint density at radius 3 is 2.28 bits per heavy atom. The van der Waals surface area contributed by atoms with Crippen LogP contribution < -0.4 is 0 Å². The molecule has 2 aromatic rings. The smallest absolute Gasteiger partial charge is 0.314 e. The third-order valence-corrected chi connectivity index (χ3v) is 5.00. The highest BCUT2D eigenvalue weighted by molar-refractivity contribution is 5.92. The van der Waals surface area contributed by atoms with Crippen LogP contribution in [0.4, 0.5) is 0 Å². The van der Waals surface area contributed by atoms with E-state index in [9.17, 15) is 14.7 Å². The summed E-state index contributed by atoms with van der Waals surface area (Å²) in [6.45, 7) is 4.83. The quantitative estimate of drug-likeness (QED) is 0.928. The van der Waals surface area contributed by atoms with E-state index < -0.39 is 11.4 Å². The van der Waals surface area contributed by atoms with E-state index in [0.29, 0.717) is 31.6 Å². The van der Waals surface area contributed by atoms with Crippen molar-refractivity contribution in [1.82, 2.24) is 14.7 Å². The number of hydrogen-bond acceptors (Lipinski definition) is 3. The average Bonchev–Trinajstić information content (AvgIpc) is 3.12. The summed E-state index contributed by atoms with van der Waals surface area (Å²) >= 11 is 0. The molecule has 6 nitrogen and oxygen atoms in total. The van der Waals surface area contributed by atoms with Gasteiger partial charge in [0, 0.05) is 25.3 Å². The molecule has 1 aromatic heterocycles. The Hall–Kier alpha value is -2.63. The van der Waals surface area contributed by atoms with Gasteiger partial charge in [-0.1, -0.05) is 30.3 Å². The first kappa shape index (κ1) is 17.2. The molecule has 0 aliphatic carbocycles. The summed E-state index contributed by atoms with van der Waals surface area (Å²) in [4.78, 5) is 26.3. The van der Waals surface area contributed by atoms with Gasteiger partial charge in [0.05, 0.1) is 5.41 Å². The molecule has 1 N–H and O–H groups in total. The minimum Gasteiger partial charge on any atom is -0.481 e. The summed E-state index contributed by atoms with van der Waals surface area (Å²) in [5.41, 5.74) is 0.296. The lowest BCUT2D eigenvalue weighted by atomic mass is 9.73. The Morgan fingerprint density at radius 1 is 1.12 bits per heavy atom. The second-order valence-electron chi connectivity index (χ2n) is 6.82. The number of hydrogen-bond donors (Lipinski definition) is 1. The first-order valence-electron chi connectivity index (χ1n) is 8.57. The zero-order valence-corrected chi connectivity index (χ0v) is 14.6. The molecule has 0 radical (unpaired) electrons. The van der Waals surface area contributed by atoms with E-state index in [1.165, 1.54) is 0 Å². The van der Waals surface area contributed by atoms with E-state index in [-0.39, 0.29) is 11.9 Å². The molecule has 0 atom stereocenters. The third-order valence-electron chi connectivity index (χ3n) is 5.00. The Kier molecular flexibility index (Phi) is 4.61. The zero-order chi connectivity index (χ0) is 18.0. The standard InChI is InChI=1S/C19H23N3O3/c1-14(2)22-11-8-16(20-22)17(23)21-12-9-19(10-13-21,18(24)25)15-6-4-3-5-7-15/h3-8,11,14H,9-10,12-13H2,1-2H3,(H,24,25). The maximum Gasteiger partial charge on any atom is 0.314 e. The summed E-state index contributed by atoms with van der Waals surface area (Å²) < 4.78 is 1.75. The molecule has 6 heteroatoms. The van der Waals surface area contributed by atoms with Crippen LogP contribution in [0.3, 0.4) is 0 Å². The number of amides is 1. The van der Waals surface area contributed by atoms with Gasteiger partial charge in [-0.2, -0.15) is 5.10 Å². The molecule has 1 aromatic carbocycles. The van der Waals surface area contributed by atoms with Crippen molar-refractivity contribution in [3.8, 4) is 0 Å². The molecular formula is C19H23N3O3. The van der Waals surface area contributed by atoms with Crippen molar-refractivity contribution >= 4 is 11.9 Å². The van der Waals surface area contributed by atoms with Gasteiger partial charge in [-0.3, -0.25) is 14.3 Å². The molecule has 132 valence electrons. The number of aromatic nitrogens is 2. The Labute approximate surface area is 147 Å². The van der Waals surface area contributed by atoms with Crippen LogP contribution in [0.25, 0.3) is 0 Å². The molecule has 1 saturated heterocycles. The van der Waals surface area contributed by atoms with Gasteiger partial charge in [-0.25, -0.2) is 0 Å². The number of piperidine rings is 1. The highest BCUT2D eigenvalue weighted by atomic mass is 16.4. The Bertz CT molecular complexity index is 759. The highest BCUT2D eigenvalue weighted by Gasteiger charge is 2.44. The highest BCUT2D eigenvalue weighted by Crippen LogP contribution is 2.36.